The van der Waals surface area contributed by atoms with Crippen LogP contribution in [-0.2, 0) is 0 Å². The summed E-state index contributed by atoms with van der Waals surface area (Å²) in [7, 11) is 1.62. The third kappa shape index (κ3) is 3.83. The lowest BCUT2D eigenvalue weighted by Gasteiger charge is -2.13. The summed E-state index contributed by atoms with van der Waals surface area (Å²) in [5, 5.41) is 3.85. The highest BCUT2D eigenvalue weighted by Crippen LogP contribution is 2.28. The molecule has 1 N–H and O–H groups in total. The number of aromatic nitrogens is 1. The zero-order valence-corrected chi connectivity index (χ0v) is 16.7. The standard InChI is InChI=1S/C25H22N2O2/c1-16-13-17(2)24-21(14-16)22(15-23(27-24)18-7-5-4-6-8-18)25(28)26-19-9-11-20(29-3)12-10-19/h4-15H,1-3H3,(H,26,28). The largest absolute Gasteiger partial charge is 0.497 e. The van der Waals surface area contributed by atoms with Crippen molar-refractivity contribution in [1.82, 2.24) is 4.98 Å². The van der Waals surface area contributed by atoms with Crippen molar-refractivity contribution >= 4 is 22.5 Å². The average Bonchev–Trinajstić information content (AvgIpc) is 2.74. The number of amides is 1. The Bertz CT molecular complexity index is 1180. The molecule has 0 aliphatic carbocycles. The number of rotatable bonds is 4. The van der Waals surface area contributed by atoms with Gasteiger partial charge < -0.3 is 10.1 Å². The summed E-state index contributed by atoms with van der Waals surface area (Å²) in [5.74, 6) is 0.583. The number of anilines is 1. The number of fused-ring (bicyclic) bond motifs is 1. The van der Waals surface area contributed by atoms with Crippen molar-refractivity contribution < 1.29 is 9.53 Å². The van der Waals surface area contributed by atoms with Gasteiger partial charge in [0.25, 0.3) is 5.91 Å². The van der Waals surface area contributed by atoms with Crippen LogP contribution in [0, 0.1) is 13.8 Å². The number of benzene rings is 3. The first-order chi connectivity index (χ1) is 14.0. The Labute approximate surface area is 170 Å². The van der Waals surface area contributed by atoms with Crippen molar-refractivity contribution in [2.45, 2.75) is 13.8 Å². The molecule has 29 heavy (non-hydrogen) atoms. The van der Waals surface area contributed by atoms with E-state index in [-0.39, 0.29) is 5.91 Å². The minimum Gasteiger partial charge on any atom is -0.497 e. The van der Waals surface area contributed by atoms with E-state index in [1.54, 1.807) is 7.11 Å². The van der Waals surface area contributed by atoms with Crippen molar-refractivity contribution in [2.75, 3.05) is 12.4 Å². The number of carbonyl (C=O) groups excluding carboxylic acids is 1. The van der Waals surface area contributed by atoms with Crippen LogP contribution in [0.4, 0.5) is 5.69 Å². The number of methoxy groups -OCH3 is 1. The van der Waals surface area contributed by atoms with Gasteiger partial charge in [0.05, 0.1) is 23.9 Å². The SMILES string of the molecule is COc1ccc(NC(=O)c2cc(-c3ccccc3)nc3c(C)cc(C)cc23)cc1. The molecule has 0 fully saturated rings. The first-order valence-corrected chi connectivity index (χ1v) is 9.48. The third-order valence-corrected chi connectivity index (χ3v) is 4.91. The fraction of sp³-hybridized carbons (Fsp3) is 0.120. The van der Waals surface area contributed by atoms with E-state index in [1.165, 1.54) is 0 Å². The number of hydrogen-bond acceptors (Lipinski definition) is 3. The van der Waals surface area contributed by atoms with E-state index in [1.807, 2.05) is 80.6 Å². The topological polar surface area (TPSA) is 51.2 Å². The van der Waals surface area contributed by atoms with Gasteiger partial charge in [-0.1, -0.05) is 42.0 Å². The molecule has 0 saturated carbocycles. The fourth-order valence-corrected chi connectivity index (χ4v) is 3.50. The molecule has 0 unspecified atom stereocenters. The Morgan fingerprint density at radius 2 is 1.66 bits per heavy atom. The van der Waals surface area contributed by atoms with E-state index in [0.29, 0.717) is 11.3 Å². The zero-order chi connectivity index (χ0) is 20.4. The van der Waals surface area contributed by atoms with Crippen LogP contribution in [0.25, 0.3) is 22.2 Å². The fourth-order valence-electron chi connectivity index (χ4n) is 3.50. The first kappa shape index (κ1) is 18.7. The first-order valence-electron chi connectivity index (χ1n) is 9.48. The lowest BCUT2D eigenvalue weighted by molar-refractivity contribution is 0.102. The van der Waals surface area contributed by atoms with Crippen LogP contribution >= 0.6 is 0 Å². The molecule has 144 valence electrons. The molecule has 0 atom stereocenters. The number of pyridine rings is 1. The van der Waals surface area contributed by atoms with Crippen LogP contribution in [0.3, 0.4) is 0 Å². The monoisotopic (exact) mass is 382 g/mol. The molecular formula is C25H22N2O2. The maximum Gasteiger partial charge on any atom is 0.256 e. The molecule has 0 saturated heterocycles. The number of aryl methyl sites for hydroxylation is 2. The van der Waals surface area contributed by atoms with Crippen LogP contribution in [-0.4, -0.2) is 18.0 Å². The summed E-state index contributed by atoms with van der Waals surface area (Å²) in [6.45, 7) is 4.06. The maximum atomic E-state index is 13.2. The van der Waals surface area contributed by atoms with E-state index < -0.39 is 0 Å². The predicted molar refractivity (Wildman–Crippen MR) is 118 cm³/mol. The summed E-state index contributed by atoms with van der Waals surface area (Å²) in [6.07, 6.45) is 0. The van der Waals surface area contributed by atoms with Crippen molar-refractivity contribution in [1.29, 1.82) is 0 Å². The molecule has 0 aliphatic heterocycles. The van der Waals surface area contributed by atoms with E-state index in [0.717, 1.165) is 39.0 Å². The van der Waals surface area contributed by atoms with Crippen LogP contribution in [0.1, 0.15) is 21.5 Å². The molecule has 1 heterocycles. The predicted octanol–water partition coefficient (Wildman–Crippen LogP) is 5.78. The van der Waals surface area contributed by atoms with Crippen molar-refractivity contribution in [2.24, 2.45) is 0 Å². The van der Waals surface area contributed by atoms with Gasteiger partial charge in [0.15, 0.2) is 0 Å². The molecule has 4 nitrogen and oxygen atoms in total. The van der Waals surface area contributed by atoms with Gasteiger partial charge in [0.1, 0.15) is 5.75 Å². The number of nitrogens with one attached hydrogen (secondary N) is 1. The molecule has 4 rings (SSSR count). The molecule has 1 amide bonds. The van der Waals surface area contributed by atoms with Crippen LogP contribution < -0.4 is 10.1 Å². The minimum absolute atomic E-state index is 0.162. The van der Waals surface area contributed by atoms with Crippen LogP contribution in [0.15, 0.2) is 72.8 Å². The second kappa shape index (κ2) is 7.76. The molecule has 0 aliphatic rings. The summed E-state index contributed by atoms with van der Waals surface area (Å²) in [6, 6.07) is 23.2. The second-order valence-electron chi connectivity index (χ2n) is 7.08. The Hall–Kier alpha value is -3.66. The highest BCUT2D eigenvalue weighted by Gasteiger charge is 2.16. The lowest BCUT2D eigenvalue weighted by atomic mass is 9.99. The zero-order valence-electron chi connectivity index (χ0n) is 16.7. The van der Waals surface area contributed by atoms with Gasteiger partial charge in [-0.3, -0.25) is 4.79 Å². The lowest BCUT2D eigenvalue weighted by Crippen LogP contribution is -2.13. The molecule has 0 spiro atoms. The van der Waals surface area contributed by atoms with Crippen molar-refractivity contribution in [3.05, 3.63) is 89.5 Å². The Kier molecular flexibility index (Phi) is 5.00. The molecular weight excluding hydrogens is 360 g/mol. The van der Waals surface area contributed by atoms with Crippen molar-refractivity contribution in [3.63, 3.8) is 0 Å². The normalized spacial score (nSPS) is 10.7. The van der Waals surface area contributed by atoms with Crippen molar-refractivity contribution in [3.8, 4) is 17.0 Å². The molecule has 0 radical (unpaired) electrons. The van der Waals surface area contributed by atoms with E-state index >= 15 is 0 Å². The summed E-state index contributed by atoms with van der Waals surface area (Å²) >= 11 is 0. The van der Waals surface area contributed by atoms with Crippen LogP contribution in [0.5, 0.6) is 5.75 Å². The number of ether oxygens (including phenoxy) is 1. The van der Waals surface area contributed by atoms with Gasteiger partial charge >= 0.3 is 0 Å². The molecule has 3 aromatic carbocycles. The van der Waals surface area contributed by atoms with Gasteiger partial charge in [-0.2, -0.15) is 0 Å². The number of nitrogens with zero attached hydrogens (tertiary/aromatic N) is 1. The summed E-state index contributed by atoms with van der Waals surface area (Å²) in [4.78, 5) is 18.1. The molecule has 4 aromatic rings. The second-order valence-corrected chi connectivity index (χ2v) is 7.08. The van der Waals surface area contributed by atoms with Gasteiger partial charge in [-0.25, -0.2) is 4.98 Å². The van der Waals surface area contributed by atoms with Gasteiger partial charge in [0, 0.05) is 16.6 Å². The molecule has 1 aromatic heterocycles. The Balaban J connectivity index is 1.83. The summed E-state index contributed by atoms with van der Waals surface area (Å²) in [5.41, 5.74) is 6.08. The summed E-state index contributed by atoms with van der Waals surface area (Å²) < 4.78 is 5.19. The minimum atomic E-state index is -0.162. The number of hydrogen-bond donors (Lipinski definition) is 1. The van der Waals surface area contributed by atoms with Gasteiger partial charge in [-0.05, 0) is 55.8 Å². The Morgan fingerprint density at radius 3 is 2.34 bits per heavy atom. The highest BCUT2D eigenvalue weighted by molar-refractivity contribution is 6.13. The third-order valence-electron chi connectivity index (χ3n) is 4.91. The quantitative estimate of drug-likeness (QED) is 0.487. The maximum absolute atomic E-state index is 13.2. The molecule has 4 heteroatoms. The average molecular weight is 382 g/mol. The Morgan fingerprint density at radius 1 is 0.931 bits per heavy atom. The highest BCUT2D eigenvalue weighted by atomic mass is 16.5. The number of carbonyl (C=O) groups is 1. The van der Waals surface area contributed by atoms with Gasteiger partial charge in [-0.15, -0.1) is 0 Å². The smallest absolute Gasteiger partial charge is 0.256 e. The van der Waals surface area contributed by atoms with E-state index in [4.69, 9.17) is 9.72 Å². The van der Waals surface area contributed by atoms with Crippen LogP contribution in [0.2, 0.25) is 0 Å². The van der Waals surface area contributed by atoms with Gasteiger partial charge in [0.2, 0.25) is 0 Å². The van der Waals surface area contributed by atoms with E-state index in [2.05, 4.69) is 11.4 Å². The van der Waals surface area contributed by atoms with E-state index in [9.17, 15) is 4.79 Å². The molecule has 0 bridgehead atoms.